The van der Waals surface area contributed by atoms with E-state index in [0.717, 1.165) is 10.4 Å². The number of carbonyl (C=O) groups is 2. The first-order chi connectivity index (χ1) is 14.1. The molecule has 4 nitrogen and oxygen atoms in total. The number of benzene rings is 2. The third kappa shape index (κ3) is 4.15. The third-order valence-electron chi connectivity index (χ3n) is 4.98. The summed E-state index contributed by atoms with van der Waals surface area (Å²) in [5.41, 5.74) is 5.76. The number of carbonyl (C=O) groups excluding carboxylic acids is 2. The Morgan fingerprint density at radius 3 is 2.34 bits per heavy atom. The molecule has 0 radical (unpaired) electrons. The maximum Gasteiger partial charge on any atom is 0.407 e. The van der Waals surface area contributed by atoms with Crippen LogP contribution in [0, 0.1) is 0 Å². The van der Waals surface area contributed by atoms with Crippen molar-refractivity contribution in [1.29, 1.82) is 0 Å². The summed E-state index contributed by atoms with van der Waals surface area (Å²) in [7, 11) is 0. The third-order valence-corrected chi connectivity index (χ3v) is 6.03. The fourth-order valence-corrected chi connectivity index (χ4v) is 4.39. The van der Waals surface area contributed by atoms with Gasteiger partial charge in [-0.3, -0.25) is 4.79 Å². The molecule has 0 saturated carbocycles. The highest BCUT2D eigenvalue weighted by molar-refractivity contribution is 7.12. The number of thiophene rings is 1. The van der Waals surface area contributed by atoms with E-state index in [0.29, 0.717) is 13.2 Å². The molecule has 1 heterocycles. The molecule has 29 heavy (non-hydrogen) atoms. The molecule has 5 heteroatoms. The molecule has 1 amide bonds. The van der Waals surface area contributed by atoms with E-state index in [1.165, 1.54) is 33.6 Å². The van der Waals surface area contributed by atoms with Crippen molar-refractivity contribution in [2.24, 2.45) is 0 Å². The first-order valence-electron chi connectivity index (χ1n) is 9.48. The average molecular weight is 404 g/mol. The highest BCUT2D eigenvalue weighted by atomic mass is 32.1. The van der Waals surface area contributed by atoms with Crippen LogP contribution in [0.15, 0.2) is 66.1 Å². The molecule has 3 aromatic rings. The summed E-state index contributed by atoms with van der Waals surface area (Å²) < 4.78 is 5.50. The van der Waals surface area contributed by atoms with Gasteiger partial charge < -0.3 is 10.1 Å². The topological polar surface area (TPSA) is 55.4 Å². The van der Waals surface area contributed by atoms with Crippen molar-refractivity contribution in [3.63, 3.8) is 0 Å². The van der Waals surface area contributed by atoms with Crippen molar-refractivity contribution in [3.8, 4) is 11.1 Å². The van der Waals surface area contributed by atoms with Crippen LogP contribution >= 0.6 is 11.3 Å². The molecule has 146 valence electrons. The molecule has 4 rings (SSSR count). The van der Waals surface area contributed by atoms with Gasteiger partial charge in [0.15, 0.2) is 5.78 Å². The lowest BCUT2D eigenvalue weighted by Gasteiger charge is -2.14. The second-order valence-corrected chi connectivity index (χ2v) is 7.82. The number of fused-ring (bicyclic) bond motifs is 3. The molecule has 1 aliphatic rings. The standard InChI is InChI=1S/C24H21NO3S/c1-16(26)23-13-17(15-29-23)7-6-12-25-24(27)28-14-22-20-10-4-2-8-18(20)19-9-3-5-11-21(19)22/h2-11,13,15,22H,12,14H2,1H3,(H,25,27). The highest BCUT2D eigenvalue weighted by Crippen LogP contribution is 2.44. The molecule has 0 fully saturated rings. The first kappa shape index (κ1) is 19.2. The summed E-state index contributed by atoms with van der Waals surface area (Å²) in [5.74, 6) is 0.117. The van der Waals surface area contributed by atoms with Gasteiger partial charge in [-0.1, -0.05) is 60.7 Å². The molecular weight excluding hydrogens is 382 g/mol. The molecule has 0 unspecified atom stereocenters. The molecule has 0 saturated heterocycles. The van der Waals surface area contributed by atoms with E-state index in [1.807, 2.05) is 47.9 Å². The maximum absolute atomic E-state index is 12.1. The lowest BCUT2D eigenvalue weighted by Crippen LogP contribution is -2.26. The Morgan fingerprint density at radius 2 is 1.72 bits per heavy atom. The van der Waals surface area contributed by atoms with Gasteiger partial charge in [-0.15, -0.1) is 11.3 Å². The van der Waals surface area contributed by atoms with Gasteiger partial charge in [0.2, 0.25) is 0 Å². The van der Waals surface area contributed by atoms with E-state index in [4.69, 9.17) is 4.74 Å². The van der Waals surface area contributed by atoms with Crippen molar-refractivity contribution < 1.29 is 14.3 Å². The van der Waals surface area contributed by atoms with E-state index >= 15 is 0 Å². The van der Waals surface area contributed by atoms with Gasteiger partial charge in [-0.25, -0.2) is 4.79 Å². The molecule has 1 aliphatic carbocycles. The van der Waals surface area contributed by atoms with Gasteiger partial charge in [0.25, 0.3) is 0 Å². The van der Waals surface area contributed by atoms with Crippen LogP contribution in [0.25, 0.3) is 17.2 Å². The van der Waals surface area contributed by atoms with E-state index in [2.05, 4.69) is 29.6 Å². The number of hydrogen-bond donors (Lipinski definition) is 1. The van der Waals surface area contributed by atoms with Crippen LogP contribution in [-0.2, 0) is 4.74 Å². The van der Waals surface area contributed by atoms with E-state index in [-0.39, 0.29) is 11.7 Å². The smallest absolute Gasteiger partial charge is 0.407 e. The molecule has 0 atom stereocenters. The quantitative estimate of drug-likeness (QED) is 0.553. The predicted molar refractivity (Wildman–Crippen MR) is 116 cm³/mol. The summed E-state index contributed by atoms with van der Waals surface area (Å²) in [5, 5.41) is 4.66. The number of amides is 1. The predicted octanol–water partition coefficient (Wildman–Crippen LogP) is 5.50. The Morgan fingerprint density at radius 1 is 1.07 bits per heavy atom. The van der Waals surface area contributed by atoms with Gasteiger partial charge >= 0.3 is 6.09 Å². The maximum atomic E-state index is 12.1. The zero-order chi connectivity index (χ0) is 20.2. The molecule has 1 aromatic heterocycles. The lowest BCUT2D eigenvalue weighted by molar-refractivity contribution is 0.102. The summed E-state index contributed by atoms with van der Waals surface area (Å²) >= 11 is 1.42. The van der Waals surface area contributed by atoms with Crippen molar-refractivity contribution in [3.05, 3.63) is 87.6 Å². The molecule has 0 aliphatic heterocycles. The minimum Gasteiger partial charge on any atom is -0.449 e. The fourth-order valence-electron chi connectivity index (χ4n) is 3.61. The SMILES string of the molecule is CC(=O)c1cc(C=CCNC(=O)OCC2c3ccccc3-c3ccccc32)cs1. The monoisotopic (exact) mass is 403 g/mol. The minimum atomic E-state index is -0.439. The number of Topliss-reactive ketones (excluding diaryl/α,β-unsaturated/α-hetero) is 1. The largest absolute Gasteiger partial charge is 0.449 e. The zero-order valence-corrected chi connectivity index (χ0v) is 16.9. The van der Waals surface area contributed by atoms with Gasteiger partial charge in [0, 0.05) is 12.5 Å². The van der Waals surface area contributed by atoms with Crippen LogP contribution < -0.4 is 5.32 Å². The Labute approximate surface area is 173 Å². The van der Waals surface area contributed by atoms with Crippen molar-refractivity contribution in [1.82, 2.24) is 5.32 Å². The van der Waals surface area contributed by atoms with Crippen LogP contribution in [0.3, 0.4) is 0 Å². The minimum absolute atomic E-state index is 0.0551. The van der Waals surface area contributed by atoms with Crippen molar-refractivity contribution >= 4 is 29.3 Å². The van der Waals surface area contributed by atoms with Crippen LogP contribution in [0.5, 0.6) is 0 Å². The molecule has 1 N–H and O–H groups in total. The Balaban J connectivity index is 1.32. The number of rotatable bonds is 6. The van der Waals surface area contributed by atoms with Crippen LogP contribution in [-0.4, -0.2) is 25.0 Å². The number of ketones is 1. The second kappa shape index (κ2) is 8.45. The van der Waals surface area contributed by atoms with Gasteiger partial charge in [-0.2, -0.15) is 0 Å². The van der Waals surface area contributed by atoms with Crippen molar-refractivity contribution in [2.45, 2.75) is 12.8 Å². The van der Waals surface area contributed by atoms with Crippen LogP contribution in [0.1, 0.15) is 39.2 Å². The Hall–Kier alpha value is -3.18. The van der Waals surface area contributed by atoms with Crippen LogP contribution in [0.4, 0.5) is 4.79 Å². The number of alkyl carbamates (subject to hydrolysis) is 1. The normalized spacial score (nSPS) is 12.6. The summed E-state index contributed by atoms with van der Waals surface area (Å²) in [6.45, 7) is 2.22. The summed E-state index contributed by atoms with van der Waals surface area (Å²) in [4.78, 5) is 24.2. The van der Waals surface area contributed by atoms with E-state index in [1.54, 1.807) is 6.92 Å². The molecule has 2 aromatic carbocycles. The molecule has 0 bridgehead atoms. The Kier molecular flexibility index (Phi) is 5.58. The number of hydrogen-bond acceptors (Lipinski definition) is 4. The number of nitrogens with one attached hydrogen (secondary N) is 1. The molecular formula is C24H21NO3S. The lowest BCUT2D eigenvalue weighted by atomic mass is 9.98. The zero-order valence-electron chi connectivity index (χ0n) is 16.1. The van der Waals surface area contributed by atoms with E-state index < -0.39 is 6.09 Å². The van der Waals surface area contributed by atoms with Crippen molar-refractivity contribution in [2.75, 3.05) is 13.2 Å². The van der Waals surface area contributed by atoms with Gasteiger partial charge in [-0.05, 0) is 46.2 Å². The first-order valence-corrected chi connectivity index (χ1v) is 10.4. The second-order valence-electron chi connectivity index (χ2n) is 6.91. The number of ether oxygens (including phenoxy) is 1. The average Bonchev–Trinajstić information content (AvgIpc) is 3.33. The fraction of sp³-hybridized carbons (Fsp3) is 0.167. The highest BCUT2D eigenvalue weighted by Gasteiger charge is 2.28. The van der Waals surface area contributed by atoms with Gasteiger partial charge in [0.1, 0.15) is 6.61 Å². The summed E-state index contributed by atoms with van der Waals surface area (Å²) in [6, 6.07) is 18.4. The van der Waals surface area contributed by atoms with Crippen LogP contribution in [0.2, 0.25) is 0 Å². The Bertz CT molecular complexity index is 1040. The van der Waals surface area contributed by atoms with E-state index in [9.17, 15) is 9.59 Å². The summed E-state index contributed by atoms with van der Waals surface area (Å²) in [6.07, 6.45) is 3.28. The molecule has 0 spiro atoms. The van der Waals surface area contributed by atoms with Gasteiger partial charge in [0.05, 0.1) is 4.88 Å².